The molecule has 1 fully saturated rings. The molecule has 2 rings (SSSR count). The van der Waals surface area contributed by atoms with Crippen LogP contribution in [0.1, 0.15) is 32.3 Å². The lowest BCUT2D eigenvalue weighted by Gasteiger charge is -2.21. The lowest BCUT2D eigenvalue weighted by Crippen LogP contribution is -2.35. The van der Waals surface area contributed by atoms with Crippen LogP contribution in [0.3, 0.4) is 0 Å². The van der Waals surface area contributed by atoms with Crippen molar-refractivity contribution in [2.45, 2.75) is 45.3 Å². The van der Waals surface area contributed by atoms with Crippen molar-refractivity contribution in [1.82, 2.24) is 5.32 Å². The van der Waals surface area contributed by atoms with Crippen molar-refractivity contribution < 1.29 is 9.13 Å². The molecule has 0 aliphatic carbocycles. The maximum absolute atomic E-state index is 13.6. The zero-order valence-electron chi connectivity index (χ0n) is 11.9. The molecule has 2 nitrogen and oxygen atoms in total. The SMILES string of the molecule is CCC1OCCC1CNC(C)Cc1ccccc1F. The van der Waals surface area contributed by atoms with E-state index in [1.165, 1.54) is 6.07 Å². The zero-order valence-corrected chi connectivity index (χ0v) is 11.9. The number of halogens is 1. The Hall–Kier alpha value is -0.930. The summed E-state index contributed by atoms with van der Waals surface area (Å²) in [6, 6.07) is 7.30. The number of nitrogens with one attached hydrogen (secondary N) is 1. The van der Waals surface area contributed by atoms with Gasteiger partial charge in [-0.1, -0.05) is 25.1 Å². The Morgan fingerprint density at radius 3 is 2.95 bits per heavy atom. The van der Waals surface area contributed by atoms with Crippen LogP contribution < -0.4 is 5.32 Å². The molecule has 0 spiro atoms. The highest BCUT2D eigenvalue weighted by molar-refractivity contribution is 5.18. The van der Waals surface area contributed by atoms with Crippen LogP contribution in [0.2, 0.25) is 0 Å². The molecule has 1 N–H and O–H groups in total. The highest BCUT2D eigenvalue weighted by Gasteiger charge is 2.26. The van der Waals surface area contributed by atoms with Crippen LogP contribution in [0.25, 0.3) is 0 Å². The van der Waals surface area contributed by atoms with E-state index in [2.05, 4.69) is 19.2 Å². The summed E-state index contributed by atoms with van der Waals surface area (Å²) in [5, 5.41) is 3.52. The van der Waals surface area contributed by atoms with Gasteiger partial charge in [0.1, 0.15) is 5.82 Å². The van der Waals surface area contributed by atoms with Crippen LogP contribution in [0.5, 0.6) is 0 Å². The monoisotopic (exact) mass is 265 g/mol. The molecule has 0 aromatic heterocycles. The number of hydrogen-bond donors (Lipinski definition) is 1. The molecule has 3 heteroatoms. The standard InChI is InChI=1S/C16H24FNO/c1-3-16-14(8-9-19-16)11-18-12(2)10-13-6-4-5-7-15(13)17/h4-7,12,14,16,18H,3,8-11H2,1-2H3. The summed E-state index contributed by atoms with van der Waals surface area (Å²) < 4.78 is 19.2. The van der Waals surface area contributed by atoms with Gasteiger partial charge in [0.05, 0.1) is 6.10 Å². The molecular formula is C16H24FNO. The van der Waals surface area contributed by atoms with Gasteiger partial charge in [-0.05, 0) is 43.7 Å². The average molecular weight is 265 g/mol. The van der Waals surface area contributed by atoms with Gasteiger partial charge in [0.2, 0.25) is 0 Å². The number of benzene rings is 1. The fourth-order valence-corrected chi connectivity index (χ4v) is 2.80. The first-order valence-corrected chi connectivity index (χ1v) is 7.29. The minimum Gasteiger partial charge on any atom is -0.378 e. The van der Waals surface area contributed by atoms with E-state index in [0.29, 0.717) is 12.0 Å². The molecule has 1 heterocycles. The van der Waals surface area contributed by atoms with Crippen molar-refractivity contribution in [2.75, 3.05) is 13.2 Å². The summed E-state index contributed by atoms with van der Waals surface area (Å²) >= 11 is 0. The van der Waals surface area contributed by atoms with Gasteiger partial charge in [-0.25, -0.2) is 4.39 Å². The molecule has 19 heavy (non-hydrogen) atoms. The van der Waals surface area contributed by atoms with Crippen molar-refractivity contribution in [3.8, 4) is 0 Å². The lowest BCUT2D eigenvalue weighted by atomic mass is 9.98. The largest absolute Gasteiger partial charge is 0.378 e. The van der Waals surface area contributed by atoms with Crippen LogP contribution in [-0.4, -0.2) is 25.3 Å². The Labute approximate surface area is 115 Å². The normalized spacial score (nSPS) is 24.6. The van der Waals surface area contributed by atoms with Crippen molar-refractivity contribution in [3.05, 3.63) is 35.6 Å². The molecule has 3 unspecified atom stereocenters. The van der Waals surface area contributed by atoms with E-state index in [-0.39, 0.29) is 11.9 Å². The second kappa shape index (κ2) is 7.01. The quantitative estimate of drug-likeness (QED) is 0.853. The summed E-state index contributed by atoms with van der Waals surface area (Å²) in [6.07, 6.45) is 3.34. The third-order valence-electron chi connectivity index (χ3n) is 3.96. The summed E-state index contributed by atoms with van der Waals surface area (Å²) in [4.78, 5) is 0. The van der Waals surface area contributed by atoms with E-state index in [0.717, 1.165) is 38.0 Å². The maximum atomic E-state index is 13.6. The average Bonchev–Trinajstić information content (AvgIpc) is 2.86. The molecular weight excluding hydrogens is 241 g/mol. The third-order valence-corrected chi connectivity index (χ3v) is 3.96. The number of hydrogen-bond acceptors (Lipinski definition) is 2. The van der Waals surface area contributed by atoms with E-state index < -0.39 is 0 Å². The van der Waals surface area contributed by atoms with E-state index in [1.54, 1.807) is 6.07 Å². The van der Waals surface area contributed by atoms with E-state index in [1.807, 2.05) is 12.1 Å². The second-order valence-electron chi connectivity index (χ2n) is 5.47. The predicted octanol–water partition coefficient (Wildman–Crippen LogP) is 3.16. The van der Waals surface area contributed by atoms with Crippen molar-refractivity contribution in [1.29, 1.82) is 0 Å². The Morgan fingerprint density at radius 1 is 1.42 bits per heavy atom. The predicted molar refractivity (Wildman–Crippen MR) is 75.7 cm³/mol. The fraction of sp³-hybridized carbons (Fsp3) is 0.625. The van der Waals surface area contributed by atoms with E-state index in [9.17, 15) is 4.39 Å². The maximum Gasteiger partial charge on any atom is 0.126 e. The van der Waals surface area contributed by atoms with Gasteiger partial charge in [0.25, 0.3) is 0 Å². The summed E-state index contributed by atoms with van der Waals surface area (Å²) in [6.45, 7) is 6.13. The Balaban J connectivity index is 1.78. The van der Waals surface area contributed by atoms with Gasteiger partial charge in [-0.3, -0.25) is 0 Å². The highest BCUT2D eigenvalue weighted by atomic mass is 19.1. The Morgan fingerprint density at radius 2 is 2.21 bits per heavy atom. The van der Waals surface area contributed by atoms with Gasteiger partial charge in [-0.15, -0.1) is 0 Å². The van der Waals surface area contributed by atoms with Crippen molar-refractivity contribution in [3.63, 3.8) is 0 Å². The van der Waals surface area contributed by atoms with E-state index >= 15 is 0 Å². The smallest absolute Gasteiger partial charge is 0.126 e. The topological polar surface area (TPSA) is 21.3 Å². The van der Waals surface area contributed by atoms with Crippen LogP contribution >= 0.6 is 0 Å². The van der Waals surface area contributed by atoms with Crippen LogP contribution in [0.4, 0.5) is 4.39 Å². The van der Waals surface area contributed by atoms with Crippen LogP contribution in [0, 0.1) is 11.7 Å². The fourth-order valence-electron chi connectivity index (χ4n) is 2.80. The molecule has 1 aromatic carbocycles. The summed E-state index contributed by atoms with van der Waals surface area (Å²) in [5.74, 6) is 0.500. The van der Waals surface area contributed by atoms with Gasteiger partial charge in [-0.2, -0.15) is 0 Å². The Kier molecular flexibility index (Phi) is 5.34. The molecule has 0 saturated carbocycles. The Bertz CT molecular complexity index is 396. The van der Waals surface area contributed by atoms with E-state index in [4.69, 9.17) is 4.74 Å². The van der Waals surface area contributed by atoms with Crippen molar-refractivity contribution in [2.24, 2.45) is 5.92 Å². The van der Waals surface area contributed by atoms with Gasteiger partial charge < -0.3 is 10.1 Å². The zero-order chi connectivity index (χ0) is 13.7. The molecule has 0 amide bonds. The van der Waals surface area contributed by atoms with Crippen LogP contribution in [0.15, 0.2) is 24.3 Å². The molecule has 106 valence electrons. The molecule has 1 aliphatic rings. The first-order chi connectivity index (χ1) is 9.20. The molecule has 1 saturated heterocycles. The molecule has 0 bridgehead atoms. The van der Waals surface area contributed by atoms with Crippen LogP contribution in [-0.2, 0) is 11.2 Å². The van der Waals surface area contributed by atoms with Crippen molar-refractivity contribution >= 4 is 0 Å². The van der Waals surface area contributed by atoms with Gasteiger partial charge >= 0.3 is 0 Å². The number of ether oxygens (including phenoxy) is 1. The minimum absolute atomic E-state index is 0.105. The molecule has 0 radical (unpaired) electrons. The third kappa shape index (κ3) is 4.02. The van der Waals surface area contributed by atoms with Gasteiger partial charge in [0.15, 0.2) is 0 Å². The first kappa shape index (κ1) is 14.5. The highest BCUT2D eigenvalue weighted by Crippen LogP contribution is 2.22. The number of rotatable bonds is 6. The first-order valence-electron chi connectivity index (χ1n) is 7.29. The summed E-state index contributed by atoms with van der Waals surface area (Å²) in [5.41, 5.74) is 0.789. The second-order valence-corrected chi connectivity index (χ2v) is 5.47. The minimum atomic E-state index is -0.105. The molecule has 1 aromatic rings. The lowest BCUT2D eigenvalue weighted by molar-refractivity contribution is 0.0867. The molecule has 3 atom stereocenters. The molecule has 1 aliphatic heterocycles. The summed E-state index contributed by atoms with van der Waals surface area (Å²) in [7, 11) is 0. The van der Waals surface area contributed by atoms with Gasteiger partial charge in [0, 0.05) is 19.2 Å².